The van der Waals surface area contributed by atoms with Crippen molar-refractivity contribution < 1.29 is 17.9 Å². The normalized spacial score (nSPS) is 20.6. The smallest absolute Gasteiger partial charge is 0.237 e. The van der Waals surface area contributed by atoms with Gasteiger partial charge in [0.25, 0.3) is 0 Å². The predicted molar refractivity (Wildman–Crippen MR) is 75.8 cm³/mol. The van der Waals surface area contributed by atoms with Crippen LogP contribution in [-0.4, -0.2) is 33.8 Å². The van der Waals surface area contributed by atoms with Crippen molar-refractivity contribution in [1.29, 1.82) is 5.26 Å². The van der Waals surface area contributed by atoms with Crippen LogP contribution in [0.5, 0.6) is 0 Å². The lowest BCUT2D eigenvalue weighted by Crippen LogP contribution is -2.35. The maximum Gasteiger partial charge on any atom is 0.237 e. The molecule has 2 rings (SSSR count). The van der Waals surface area contributed by atoms with E-state index in [1.807, 2.05) is 12.1 Å². The summed E-state index contributed by atoms with van der Waals surface area (Å²) in [6.07, 6.45) is 0.598. The second kappa shape index (κ2) is 6.24. The average molecular weight is 308 g/mol. The molecule has 0 unspecified atom stereocenters. The van der Waals surface area contributed by atoms with Crippen molar-refractivity contribution in [2.24, 2.45) is 5.92 Å². The number of nitrogens with one attached hydrogen (secondary N) is 1. The van der Waals surface area contributed by atoms with Crippen LogP contribution in [0.1, 0.15) is 23.5 Å². The molecule has 0 bridgehead atoms. The number of ether oxygens (including phenoxy) is 1. The predicted octanol–water partition coefficient (Wildman–Crippen LogP) is 0.754. The van der Waals surface area contributed by atoms with Crippen molar-refractivity contribution >= 4 is 15.9 Å². The number of methoxy groups -OCH3 is 1. The number of hydrogen-bond acceptors (Lipinski definition) is 5. The second-order valence-corrected chi connectivity index (χ2v) is 6.81. The maximum absolute atomic E-state index is 11.9. The first kappa shape index (κ1) is 15.5. The van der Waals surface area contributed by atoms with Gasteiger partial charge in [-0.2, -0.15) is 5.26 Å². The Morgan fingerprint density at radius 2 is 2.29 bits per heavy atom. The van der Waals surface area contributed by atoms with Crippen molar-refractivity contribution in [1.82, 2.24) is 4.72 Å². The van der Waals surface area contributed by atoms with Gasteiger partial charge in [0.15, 0.2) is 0 Å². The monoisotopic (exact) mass is 308 g/mol. The molecule has 1 aromatic rings. The molecule has 7 heteroatoms. The van der Waals surface area contributed by atoms with E-state index in [2.05, 4.69) is 4.72 Å². The van der Waals surface area contributed by atoms with Crippen LogP contribution < -0.4 is 4.72 Å². The first-order chi connectivity index (χ1) is 9.96. The van der Waals surface area contributed by atoms with Crippen LogP contribution in [-0.2, 0) is 19.6 Å². The van der Waals surface area contributed by atoms with Gasteiger partial charge in [0, 0.05) is 13.0 Å². The Labute approximate surface area is 123 Å². The summed E-state index contributed by atoms with van der Waals surface area (Å²) in [5.74, 6) is -1.10. The minimum absolute atomic E-state index is 0.0177. The van der Waals surface area contributed by atoms with Gasteiger partial charge in [-0.25, -0.2) is 8.42 Å². The minimum atomic E-state index is -3.64. The number of rotatable bonds is 6. The van der Waals surface area contributed by atoms with Crippen LogP contribution in [0, 0.1) is 17.2 Å². The van der Waals surface area contributed by atoms with Crippen molar-refractivity contribution in [3.8, 4) is 6.07 Å². The number of benzene rings is 1. The second-order valence-electron chi connectivity index (χ2n) is 4.96. The van der Waals surface area contributed by atoms with Crippen LogP contribution in [0.25, 0.3) is 0 Å². The number of nitrogens with zero attached hydrogens (tertiary/aromatic N) is 1. The summed E-state index contributed by atoms with van der Waals surface area (Å²) in [7, 11) is -2.24. The number of sulfonamides is 1. The lowest BCUT2D eigenvalue weighted by atomic mass is 10.1. The molecule has 1 N–H and O–H groups in total. The topological polar surface area (TPSA) is 96.3 Å². The molecule has 1 aliphatic rings. The largest absolute Gasteiger partial charge is 0.384 e. The Morgan fingerprint density at radius 1 is 1.52 bits per heavy atom. The third kappa shape index (κ3) is 4.03. The molecule has 1 aromatic carbocycles. The van der Waals surface area contributed by atoms with Gasteiger partial charge >= 0.3 is 0 Å². The Morgan fingerprint density at radius 3 is 2.95 bits per heavy atom. The van der Waals surface area contributed by atoms with Crippen molar-refractivity contribution in [3.05, 3.63) is 35.4 Å². The molecule has 1 fully saturated rings. The summed E-state index contributed by atoms with van der Waals surface area (Å²) in [6.45, 7) is 0.0426. The first-order valence-electron chi connectivity index (χ1n) is 6.50. The molecule has 0 radical (unpaired) electrons. The van der Waals surface area contributed by atoms with Crippen LogP contribution in [0.4, 0.5) is 0 Å². The van der Waals surface area contributed by atoms with Gasteiger partial charge in [0.2, 0.25) is 15.9 Å². The minimum Gasteiger partial charge on any atom is -0.384 e. The van der Waals surface area contributed by atoms with Gasteiger partial charge < -0.3 is 4.74 Å². The summed E-state index contributed by atoms with van der Waals surface area (Å²) in [5.41, 5.74) is 1.43. The van der Waals surface area contributed by atoms with Crippen LogP contribution in [0.15, 0.2) is 24.3 Å². The molecule has 0 heterocycles. The van der Waals surface area contributed by atoms with Crippen LogP contribution in [0.3, 0.4) is 0 Å². The van der Waals surface area contributed by atoms with Crippen molar-refractivity contribution in [2.45, 2.75) is 12.3 Å². The van der Waals surface area contributed by atoms with Gasteiger partial charge in [0.1, 0.15) is 0 Å². The lowest BCUT2D eigenvalue weighted by molar-refractivity contribution is -0.120. The van der Waals surface area contributed by atoms with Gasteiger partial charge in [-0.1, -0.05) is 12.1 Å². The molecule has 1 aliphatic carbocycles. The van der Waals surface area contributed by atoms with E-state index in [1.54, 1.807) is 18.2 Å². The van der Waals surface area contributed by atoms with Crippen molar-refractivity contribution in [2.75, 3.05) is 19.5 Å². The van der Waals surface area contributed by atoms with Gasteiger partial charge in [0.05, 0.1) is 24.0 Å². The molecule has 6 nitrogen and oxygen atoms in total. The Balaban J connectivity index is 1.96. The number of carbonyl (C=O) groups excluding carboxylic acids is 1. The Hall–Kier alpha value is -1.91. The van der Waals surface area contributed by atoms with Gasteiger partial charge in [-0.15, -0.1) is 0 Å². The van der Waals surface area contributed by atoms with E-state index in [4.69, 9.17) is 10.00 Å². The molecule has 2 atom stereocenters. The highest BCUT2D eigenvalue weighted by Gasteiger charge is 2.45. The highest BCUT2D eigenvalue weighted by molar-refractivity contribution is 7.90. The molecule has 112 valence electrons. The molecule has 21 heavy (non-hydrogen) atoms. The fourth-order valence-electron chi connectivity index (χ4n) is 2.17. The summed E-state index contributed by atoms with van der Waals surface area (Å²) in [6, 6.07) is 9.08. The summed E-state index contributed by atoms with van der Waals surface area (Å²) in [5, 5.41) is 8.85. The van der Waals surface area contributed by atoms with E-state index in [1.165, 1.54) is 7.11 Å². The Kier molecular flexibility index (Phi) is 4.60. The van der Waals surface area contributed by atoms with E-state index in [0.29, 0.717) is 12.0 Å². The highest BCUT2D eigenvalue weighted by Crippen LogP contribution is 2.47. The van der Waals surface area contributed by atoms with E-state index in [-0.39, 0.29) is 24.2 Å². The maximum atomic E-state index is 11.9. The zero-order valence-electron chi connectivity index (χ0n) is 11.6. The van der Waals surface area contributed by atoms with Crippen molar-refractivity contribution in [3.63, 3.8) is 0 Å². The molecule has 1 amide bonds. The van der Waals surface area contributed by atoms with E-state index in [0.717, 1.165) is 5.56 Å². The number of nitriles is 1. The SMILES string of the molecule is COCCS(=O)(=O)NC(=O)[C@H]1C[C@@H]1c1cccc(C#N)c1. The molecule has 1 saturated carbocycles. The molecule has 0 saturated heterocycles. The fourth-order valence-corrected chi connectivity index (χ4v) is 3.11. The highest BCUT2D eigenvalue weighted by atomic mass is 32.2. The van der Waals surface area contributed by atoms with Gasteiger partial charge in [-0.3, -0.25) is 9.52 Å². The van der Waals surface area contributed by atoms with E-state index in [9.17, 15) is 13.2 Å². The molecule has 0 aliphatic heterocycles. The summed E-state index contributed by atoms with van der Waals surface area (Å²) < 4.78 is 30.0. The van der Waals surface area contributed by atoms with Gasteiger partial charge in [-0.05, 0) is 30.0 Å². The quantitative estimate of drug-likeness (QED) is 0.836. The molecule has 0 aromatic heterocycles. The lowest BCUT2D eigenvalue weighted by Gasteiger charge is -2.06. The number of amides is 1. The van der Waals surface area contributed by atoms with E-state index >= 15 is 0 Å². The summed E-state index contributed by atoms with van der Waals surface area (Å²) >= 11 is 0. The third-order valence-electron chi connectivity index (χ3n) is 3.38. The number of carbonyl (C=O) groups is 1. The zero-order valence-corrected chi connectivity index (χ0v) is 12.4. The third-order valence-corrected chi connectivity index (χ3v) is 4.60. The van der Waals surface area contributed by atoms with E-state index < -0.39 is 15.9 Å². The average Bonchev–Trinajstić information content (AvgIpc) is 3.25. The van der Waals surface area contributed by atoms with Crippen LogP contribution >= 0.6 is 0 Å². The summed E-state index contributed by atoms with van der Waals surface area (Å²) in [4.78, 5) is 11.9. The van der Waals surface area contributed by atoms with Crippen LogP contribution in [0.2, 0.25) is 0 Å². The molecular formula is C14H16N2O4S. The fraction of sp³-hybridized carbons (Fsp3) is 0.429. The number of hydrogen-bond donors (Lipinski definition) is 1. The standard InChI is InChI=1S/C14H16N2O4S/c1-20-5-6-21(18,19)16-14(17)13-8-12(13)11-4-2-3-10(7-11)9-15/h2-4,7,12-13H,5-6,8H2,1H3,(H,16,17)/t12-,13+/m1/s1. The zero-order chi connectivity index (χ0) is 15.5. The molecular weight excluding hydrogens is 292 g/mol. The Bertz CT molecular complexity index is 678. The first-order valence-corrected chi connectivity index (χ1v) is 8.15. The molecule has 0 spiro atoms.